The van der Waals surface area contributed by atoms with Crippen molar-refractivity contribution < 1.29 is 27.5 Å². The summed E-state index contributed by atoms with van der Waals surface area (Å²) < 4.78 is 40.8. The molecule has 0 aliphatic heterocycles. The van der Waals surface area contributed by atoms with Crippen LogP contribution in [0.3, 0.4) is 0 Å². The third-order valence-corrected chi connectivity index (χ3v) is 2.76. The lowest BCUT2D eigenvalue weighted by molar-refractivity contribution is -0.274. The van der Waals surface area contributed by atoms with Crippen molar-refractivity contribution in [3.05, 3.63) is 66.0 Å². The van der Waals surface area contributed by atoms with Crippen LogP contribution in [0.1, 0.15) is 16.1 Å². The quantitative estimate of drug-likeness (QED) is 0.655. The van der Waals surface area contributed by atoms with Gasteiger partial charge in [-0.2, -0.15) is 0 Å². The molecule has 0 radical (unpaired) electrons. The van der Waals surface area contributed by atoms with E-state index in [1.54, 1.807) is 12.1 Å². The van der Waals surface area contributed by atoms with Crippen molar-refractivity contribution in [3.63, 3.8) is 0 Å². The number of amides is 2. The molecule has 0 saturated carbocycles. The molecule has 1 aromatic heterocycles. The molecule has 2 rings (SSSR count). The molecule has 1 aromatic carbocycles. The smallest absolute Gasteiger partial charge is 0.405 e. The SMILES string of the molecule is O=C(/C=C/c1ccccc1OC(F)(F)F)NNC(=O)c1ccccn1. The van der Waals surface area contributed by atoms with Crippen molar-refractivity contribution in [3.8, 4) is 5.75 Å². The molecule has 0 saturated heterocycles. The van der Waals surface area contributed by atoms with Crippen LogP contribution in [0.15, 0.2) is 54.7 Å². The minimum absolute atomic E-state index is 0.0472. The van der Waals surface area contributed by atoms with Gasteiger partial charge in [0, 0.05) is 17.8 Å². The Morgan fingerprint density at radius 1 is 1.04 bits per heavy atom. The van der Waals surface area contributed by atoms with Crippen LogP contribution >= 0.6 is 0 Å². The van der Waals surface area contributed by atoms with E-state index in [-0.39, 0.29) is 11.3 Å². The number of halogens is 3. The number of para-hydroxylation sites is 1. The van der Waals surface area contributed by atoms with Crippen LogP contribution in [0.4, 0.5) is 13.2 Å². The molecule has 0 aliphatic rings. The largest absolute Gasteiger partial charge is 0.573 e. The van der Waals surface area contributed by atoms with Crippen LogP contribution in [-0.2, 0) is 4.79 Å². The van der Waals surface area contributed by atoms with Crippen molar-refractivity contribution in [2.75, 3.05) is 0 Å². The second-order valence-corrected chi connectivity index (χ2v) is 4.58. The number of nitrogens with one attached hydrogen (secondary N) is 2. The number of alkyl halides is 3. The number of carbonyl (C=O) groups excluding carboxylic acids is 2. The van der Waals surface area contributed by atoms with E-state index in [2.05, 4.69) is 20.6 Å². The number of pyridine rings is 1. The average Bonchev–Trinajstić information content (AvgIpc) is 2.58. The van der Waals surface area contributed by atoms with E-state index in [0.717, 1.165) is 18.2 Å². The fraction of sp³-hybridized carbons (Fsp3) is 0.0625. The van der Waals surface area contributed by atoms with Crippen molar-refractivity contribution in [2.24, 2.45) is 0 Å². The lowest BCUT2D eigenvalue weighted by Gasteiger charge is -2.11. The normalized spacial score (nSPS) is 11.2. The minimum Gasteiger partial charge on any atom is -0.405 e. The van der Waals surface area contributed by atoms with Gasteiger partial charge in [-0.05, 0) is 24.3 Å². The van der Waals surface area contributed by atoms with E-state index in [1.165, 1.54) is 30.5 Å². The molecule has 2 aromatic rings. The fourth-order valence-corrected chi connectivity index (χ4v) is 1.72. The van der Waals surface area contributed by atoms with Gasteiger partial charge in [0.1, 0.15) is 11.4 Å². The zero-order valence-corrected chi connectivity index (χ0v) is 12.6. The van der Waals surface area contributed by atoms with Crippen LogP contribution in [0.5, 0.6) is 5.75 Å². The van der Waals surface area contributed by atoms with E-state index in [0.29, 0.717) is 0 Å². The Bertz CT molecular complexity index is 777. The third-order valence-electron chi connectivity index (χ3n) is 2.76. The first-order valence-electron chi connectivity index (χ1n) is 6.89. The van der Waals surface area contributed by atoms with Crippen molar-refractivity contribution in [2.45, 2.75) is 6.36 Å². The summed E-state index contributed by atoms with van der Waals surface area (Å²) in [7, 11) is 0. The van der Waals surface area contributed by atoms with Gasteiger partial charge < -0.3 is 4.74 Å². The summed E-state index contributed by atoms with van der Waals surface area (Å²) in [4.78, 5) is 27.1. The number of carbonyl (C=O) groups is 2. The lowest BCUT2D eigenvalue weighted by Crippen LogP contribution is -2.41. The van der Waals surface area contributed by atoms with Crippen molar-refractivity contribution >= 4 is 17.9 Å². The highest BCUT2D eigenvalue weighted by Gasteiger charge is 2.31. The molecule has 6 nitrogen and oxygen atoms in total. The van der Waals surface area contributed by atoms with E-state index >= 15 is 0 Å². The summed E-state index contributed by atoms with van der Waals surface area (Å²) in [6.45, 7) is 0. The van der Waals surface area contributed by atoms with Crippen LogP contribution in [0.2, 0.25) is 0 Å². The number of aromatic nitrogens is 1. The molecular formula is C16H12F3N3O3. The molecule has 2 amide bonds. The maximum atomic E-state index is 12.3. The van der Waals surface area contributed by atoms with Crippen LogP contribution < -0.4 is 15.6 Å². The predicted molar refractivity (Wildman–Crippen MR) is 82.0 cm³/mol. The van der Waals surface area contributed by atoms with E-state index < -0.39 is 23.9 Å². The molecule has 9 heteroatoms. The fourth-order valence-electron chi connectivity index (χ4n) is 1.72. The summed E-state index contributed by atoms with van der Waals surface area (Å²) in [5.41, 5.74) is 4.36. The van der Waals surface area contributed by atoms with Gasteiger partial charge in [0.25, 0.3) is 11.8 Å². The molecule has 0 fully saturated rings. The first-order chi connectivity index (χ1) is 11.8. The lowest BCUT2D eigenvalue weighted by atomic mass is 10.2. The van der Waals surface area contributed by atoms with Gasteiger partial charge in [-0.1, -0.05) is 24.3 Å². The highest BCUT2D eigenvalue weighted by Crippen LogP contribution is 2.26. The number of benzene rings is 1. The Labute approximate surface area is 140 Å². The Morgan fingerprint density at radius 3 is 2.44 bits per heavy atom. The first-order valence-corrected chi connectivity index (χ1v) is 6.89. The summed E-state index contributed by atoms with van der Waals surface area (Å²) in [5, 5.41) is 0. The highest BCUT2D eigenvalue weighted by atomic mass is 19.4. The Morgan fingerprint density at radius 2 is 1.76 bits per heavy atom. The molecular weight excluding hydrogens is 339 g/mol. The van der Waals surface area contributed by atoms with E-state index in [4.69, 9.17) is 0 Å². The van der Waals surface area contributed by atoms with Gasteiger partial charge in [0.05, 0.1) is 0 Å². The van der Waals surface area contributed by atoms with Crippen molar-refractivity contribution in [1.29, 1.82) is 0 Å². The summed E-state index contributed by atoms with van der Waals surface area (Å²) in [5.74, 6) is -1.83. The molecule has 0 unspecified atom stereocenters. The topological polar surface area (TPSA) is 80.3 Å². The zero-order chi connectivity index (χ0) is 18.3. The van der Waals surface area contributed by atoms with E-state index in [1.807, 2.05) is 0 Å². The number of nitrogens with zero attached hydrogens (tertiary/aromatic N) is 1. The molecule has 0 atom stereocenters. The molecule has 130 valence electrons. The summed E-state index contributed by atoms with van der Waals surface area (Å²) in [6, 6.07) is 9.99. The van der Waals surface area contributed by atoms with Gasteiger partial charge in [-0.25, -0.2) is 0 Å². The Hall–Kier alpha value is -3.36. The number of hydrogen-bond acceptors (Lipinski definition) is 4. The van der Waals surface area contributed by atoms with Gasteiger partial charge in [-0.15, -0.1) is 13.2 Å². The Kier molecular flexibility index (Phi) is 5.72. The molecule has 25 heavy (non-hydrogen) atoms. The Balaban J connectivity index is 1.96. The van der Waals surface area contributed by atoms with Crippen LogP contribution in [0.25, 0.3) is 6.08 Å². The monoisotopic (exact) mass is 351 g/mol. The van der Waals surface area contributed by atoms with Crippen LogP contribution in [0, 0.1) is 0 Å². The first kappa shape index (κ1) is 18.0. The molecule has 0 aliphatic carbocycles. The summed E-state index contributed by atoms with van der Waals surface area (Å²) in [6.07, 6.45) is -1.35. The van der Waals surface area contributed by atoms with Gasteiger partial charge >= 0.3 is 6.36 Å². The number of hydrogen-bond donors (Lipinski definition) is 2. The predicted octanol–water partition coefficient (Wildman–Crippen LogP) is 2.45. The van der Waals surface area contributed by atoms with Crippen molar-refractivity contribution in [1.82, 2.24) is 15.8 Å². The van der Waals surface area contributed by atoms with Gasteiger partial charge in [0.2, 0.25) is 0 Å². The molecule has 0 bridgehead atoms. The molecule has 0 spiro atoms. The van der Waals surface area contributed by atoms with Gasteiger partial charge in [-0.3, -0.25) is 25.4 Å². The molecule has 1 heterocycles. The standard InChI is InChI=1S/C16H12F3N3O3/c17-16(18,19)25-13-7-2-1-5-11(13)8-9-14(23)21-22-15(24)12-6-3-4-10-20-12/h1-10H,(H,21,23)(H,22,24)/b9-8+. The number of hydrazine groups is 1. The number of ether oxygens (including phenoxy) is 1. The minimum atomic E-state index is -4.84. The highest BCUT2D eigenvalue weighted by molar-refractivity contribution is 5.97. The van der Waals surface area contributed by atoms with Crippen LogP contribution in [-0.4, -0.2) is 23.2 Å². The number of rotatable bonds is 4. The molecule has 2 N–H and O–H groups in total. The van der Waals surface area contributed by atoms with Gasteiger partial charge in [0.15, 0.2) is 0 Å². The van der Waals surface area contributed by atoms with E-state index in [9.17, 15) is 22.8 Å². The summed E-state index contributed by atoms with van der Waals surface area (Å²) >= 11 is 0. The average molecular weight is 351 g/mol. The third kappa shape index (κ3) is 5.98. The maximum Gasteiger partial charge on any atom is 0.573 e. The zero-order valence-electron chi connectivity index (χ0n) is 12.6. The second kappa shape index (κ2) is 7.95. The second-order valence-electron chi connectivity index (χ2n) is 4.58. The maximum absolute atomic E-state index is 12.3.